The molecule has 1 unspecified atom stereocenters. The lowest BCUT2D eigenvalue weighted by Crippen LogP contribution is -2.35. The summed E-state index contributed by atoms with van der Waals surface area (Å²) in [4.78, 5) is 34.8. The monoisotopic (exact) mass is 506 g/mol. The van der Waals surface area contributed by atoms with Gasteiger partial charge in [-0.3, -0.25) is 14.6 Å². The average molecular weight is 506 g/mol. The molecular weight excluding hydrogens is 485 g/mol. The second kappa shape index (κ2) is 10.1. The number of hydrogen-bond acceptors (Lipinski definition) is 6. The Balaban J connectivity index is 1.33. The molecule has 10 heteroatoms. The van der Waals surface area contributed by atoms with Gasteiger partial charge in [0, 0.05) is 28.9 Å². The summed E-state index contributed by atoms with van der Waals surface area (Å²) in [7, 11) is 0. The first-order valence-electron chi connectivity index (χ1n) is 11.5. The standard InChI is InChI=1S/C27H21F3N4O3/c28-27(29,30)19-5-1-4-18(11-19)26(36)33-20-6-2-3-16(12-20)25(35)17-7-8-21-22(13-17)32-14-23(34-21)24-15-37-10-9-31-24/h1-8,11-14,24,31H,9-10,15H2,(H,33,36). The number of amides is 1. The molecule has 37 heavy (non-hydrogen) atoms. The highest BCUT2D eigenvalue weighted by Gasteiger charge is 2.31. The molecule has 1 aliphatic heterocycles. The molecule has 1 amide bonds. The molecule has 0 bridgehead atoms. The number of hydrogen-bond donors (Lipinski definition) is 2. The van der Waals surface area contributed by atoms with Crippen LogP contribution in [0.1, 0.15) is 43.6 Å². The van der Waals surface area contributed by atoms with Crippen molar-refractivity contribution in [3.8, 4) is 0 Å². The Morgan fingerprint density at radius 1 is 0.946 bits per heavy atom. The van der Waals surface area contributed by atoms with Crippen LogP contribution in [0.4, 0.5) is 18.9 Å². The number of aromatic nitrogens is 2. The summed E-state index contributed by atoms with van der Waals surface area (Å²) in [6, 6.07) is 15.3. The van der Waals surface area contributed by atoms with E-state index in [0.717, 1.165) is 24.4 Å². The Kier molecular flexibility index (Phi) is 6.68. The molecule has 0 saturated carbocycles. The van der Waals surface area contributed by atoms with Crippen molar-refractivity contribution in [2.75, 3.05) is 25.1 Å². The molecular formula is C27H21F3N4O3. The number of carbonyl (C=O) groups is 2. The van der Waals surface area contributed by atoms with Gasteiger partial charge in [0.15, 0.2) is 5.78 Å². The fraction of sp³-hybridized carbons (Fsp3) is 0.185. The number of morpholine rings is 1. The summed E-state index contributed by atoms with van der Waals surface area (Å²) >= 11 is 0. The van der Waals surface area contributed by atoms with E-state index in [4.69, 9.17) is 4.74 Å². The van der Waals surface area contributed by atoms with Gasteiger partial charge < -0.3 is 15.4 Å². The van der Waals surface area contributed by atoms with Gasteiger partial charge in [-0.1, -0.05) is 18.2 Å². The van der Waals surface area contributed by atoms with Gasteiger partial charge in [0.25, 0.3) is 5.91 Å². The Bertz CT molecular complexity index is 1480. The van der Waals surface area contributed by atoms with Crippen LogP contribution in [0, 0.1) is 0 Å². The first kappa shape index (κ1) is 24.5. The molecule has 0 aliphatic carbocycles. The van der Waals surface area contributed by atoms with Crippen LogP contribution in [0.2, 0.25) is 0 Å². The van der Waals surface area contributed by atoms with E-state index in [0.29, 0.717) is 35.4 Å². The first-order valence-corrected chi connectivity index (χ1v) is 11.5. The number of alkyl halides is 3. The van der Waals surface area contributed by atoms with Gasteiger partial charge in [0.05, 0.1) is 47.7 Å². The molecule has 1 saturated heterocycles. The SMILES string of the molecule is O=C(Nc1cccc(C(=O)c2ccc3nc(C4COCCN4)cnc3c2)c1)c1cccc(C(F)(F)F)c1. The molecule has 1 fully saturated rings. The maximum atomic E-state index is 13.2. The van der Waals surface area contributed by atoms with Crippen molar-refractivity contribution in [1.82, 2.24) is 15.3 Å². The van der Waals surface area contributed by atoms with Gasteiger partial charge in [0.1, 0.15) is 0 Å². The summed E-state index contributed by atoms with van der Waals surface area (Å²) in [6.45, 7) is 1.90. The number of carbonyl (C=O) groups excluding carboxylic acids is 2. The topological polar surface area (TPSA) is 93.2 Å². The minimum absolute atomic E-state index is 0.0409. The predicted octanol–water partition coefficient (Wildman–Crippen LogP) is 4.79. The van der Waals surface area contributed by atoms with E-state index in [-0.39, 0.29) is 23.1 Å². The summed E-state index contributed by atoms with van der Waals surface area (Å²) in [5.41, 5.74) is 1.86. The van der Waals surface area contributed by atoms with Crippen LogP contribution in [-0.2, 0) is 10.9 Å². The number of nitrogens with zero attached hydrogens (tertiary/aromatic N) is 2. The Hall–Kier alpha value is -4.15. The van der Waals surface area contributed by atoms with Crippen molar-refractivity contribution >= 4 is 28.4 Å². The second-order valence-corrected chi connectivity index (χ2v) is 8.52. The fourth-order valence-corrected chi connectivity index (χ4v) is 4.03. The number of benzene rings is 3. The lowest BCUT2D eigenvalue weighted by Gasteiger charge is -2.23. The molecule has 3 aromatic carbocycles. The number of ether oxygens (including phenoxy) is 1. The summed E-state index contributed by atoms with van der Waals surface area (Å²) in [5.74, 6) is -1.02. The third-order valence-corrected chi connectivity index (χ3v) is 5.94. The van der Waals surface area contributed by atoms with Gasteiger partial charge in [-0.25, -0.2) is 4.98 Å². The number of nitrogens with one attached hydrogen (secondary N) is 2. The molecule has 1 aromatic heterocycles. The molecule has 5 rings (SSSR count). The third kappa shape index (κ3) is 5.50. The second-order valence-electron chi connectivity index (χ2n) is 8.52. The van der Waals surface area contributed by atoms with Gasteiger partial charge in [0.2, 0.25) is 0 Å². The lowest BCUT2D eigenvalue weighted by molar-refractivity contribution is -0.137. The van der Waals surface area contributed by atoms with Crippen LogP contribution < -0.4 is 10.6 Å². The van der Waals surface area contributed by atoms with Gasteiger partial charge >= 0.3 is 6.18 Å². The molecule has 4 aromatic rings. The molecule has 7 nitrogen and oxygen atoms in total. The van der Waals surface area contributed by atoms with Crippen molar-refractivity contribution in [2.24, 2.45) is 0 Å². The zero-order chi connectivity index (χ0) is 26.0. The van der Waals surface area contributed by atoms with Crippen molar-refractivity contribution in [2.45, 2.75) is 12.2 Å². The molecule has 1 aliphatic rings. The van der Waals surface area contributed by atoms with Gasteiger partial charge in [-0.05, 0) is 48.5 Å². The molecule has 0 spiro atoms. The molecule has 0 radical (unpaired) electrons. The Labute approximate surface area is 209 Å². The van der Waals surface area contributed by atoms with E-state index in [1.807, 2.05) is 0 Å². The highest BCUT2D eigenvalue weighted by Crippen LogP contribution is 2.30. The van der Waals surface area contributed by atoms with Gasteiger partial charge in [-0.15, -0.1) is 0 Å². The van der Waals surface area contributed by atoms with Crippen LogP contribution in [-0.4, -0.2) is 41.4 Å². The van der Waals surface area contributed by atoms with E-state index in [2.05, 4.69) is 20.6 Å². The quantitative estimate of drug-likeness (QED) is 0.378. The Morgan fingerprint density at radius 3 is 2.51 bits per heavy atom. The number of rotatable bonds is 5. The minimum atomic E-state index is -4.56. The van der Waals surface area contributed by atoms with E-state index in [1.165, 1.54) is 18.2 Å². The molecule has 2 N–H and O–H groups in total. The summed E-state index contributed by atoms with van der Waals surface area (Å²) in [5, 5.41) is 5.88. The number of anilines is 1. The van der Waals surface area contributed by atoms with Crippen molar-refractivity contribution in [3.63, 3.8) is 0 Å². The van der Waals surface area contributed by atoms with Crippen LogP contribution in [0.15, 0.2) is 72.9 Å². The van der Waals surface area contributed by atoms with Crippen LogP contribution in [0.25, 0.3) is 11.0 Å². The number of fused-ring (bicyclic) bond motifs is 1. The number of halogens is 3. The highest BCUT2D eigenvalue weighted by atomic mass is 19.4. The zero-order valence-electron chi connectivity index (χ0n) is 19.4. The zero-order valence-corrected chi connectivity index (χ0v) is 19.4. The average Bonchev–Trinajstić information content (AvgIpc) is 2.92. The Morgan fingerprint density at radius 2 is 1.73 bits per heavy atom. The number of ketones is 1. The minimum Gasteiger partial charge on any atom is -0.378 e. The highest BCUT2D eigenvalue weighted by molar-refractivity contribution is 6.11. The van der Waals surface area contributed by atoms with E-state index >= 15 is 0 Å². The van der Waals surface area contributed by atoms with Crippen LogP contribution in [0.3, 0.4) is 0 Å². The fourth-order valence-electron chi connectivity index (χ4n) is 4.03. The summed E-state index contributed by atoms with van der Waals surface area (Å²) in [6.07, 6.45) is -2.90. The van der Waals surface area contributed by atoms with E-state index in [9.17, 15) is 22.8 Å². The summed E-state index contributed by atoms with van der Waals surface area (Å²) < 4.78 is 44.4. The van der Waals surface area contributed by atoms with Crippen molar-refractivity contribution < 1.29 is 27.5 Å². The van der Waals surface area contributed by atoms with Crippen molar-refractivity contribution in [1.29, 1.82) is 0 Å². The molecule has 1 atom stereocenters. The smallest absolute Gasteiger partial charge is 0.378 e. The first-order chi connectivity index (χ1) is 17.8. The lowest BCUT2D eigenvalue weighted by atomic mass is 10.0. The van der Waals surface area contributed by atoms with E-state index in [1.54, 1.807) is 42.6 Å². The van der Waals surface area contributed by atoms with Crippen LogP contribution in [0.5, 0.6) is 0 Å². The maximum absolute atomic E-state index is 13.2. The molecule has 188 valence electrons. The normalized spacial score (nSPS) is 15.9. The third-order valence-electron chi connectivity index (χ3n) is 5.94. The van der Waals surface area contributed by atoms with Gasteiger partial charge in [-0.2, -0.15) is 13.2 Å². The maximum Gasteiger partial charge on any atom is 0.416 e. The predicted molar refractivity (Wildman–Crippen MR) is 130 cm³/mol. The van der Waals surface area contributed by atoms with Crippen LogP contribution >= 0.6 is 0 Å². The van der Waals surface area contributed by atoms with Crippen molar-refractivity contribution in [3.05, 3.63) is 101 Å². The van der Waals surface area contributed by atoms with E-state index < -0.39 is 17.6 Å². The molecule has 2 heterocycles. The largest absolute Gasteiger partial charge is 0.416 e.